The quantitative estimate of drug-likeness (QED) is 0.616. The Balaban J connectivity index is 1.52. The van der Waals surface area contributed by atoms with E-state index in [1.165, 1.54) is 6.42 Å². The van der Waals surface area contributed by atoms with E-state index < -0.39 is 5.97 Å². The van der Waals surface area contributed by atoms with Crippen LogP contribution < -0.4 is 0 Å². The van der Waals surface area contributed by atoms with Crippen LogP contribution in [-0.4, -0.2) is 11.7 Å². The highest BCUT2D eigenvalue weighted by molar-refractivity contribution is 5.98. The largest absolute Gasteiger partial charge is 0.449 e. The highest BCUT2D eigenvalue weighted by Crippen LogP contribution is 2.58. The minimum absolute atomic E-state index is 0.189. The van der Waals surface area contributed by atoms with Crippen LogP contribution in [0.25, 0.3) is 11.0 Å². The molecule has 20 heavy (non-hydrogen) atoms. The summed E-state index contributed by atoms with van der Waals surface area (Å²) in [6, 6.07) is 9.18. The van der Waals surface area contributed by atoms with E-state index in [9.17, 15) is 4.79 Å². The summed E-state index contributed by atoms with van der Waals surface area (Å²) in [4.78, 5) is 17.0. The number of oxime groups is 1. The Bertz CT molecular complexity index is 697. The Morgan fingerprint density at radius 3 is 2.95 bits per heavy atom. The molecule has 1 aromatic carbocycles. The van der Waals surface area contributed by atoms with E-state index in [1.54, 1.807) is 6.07 Å². The Labute approximate surface area is 116 Å². The highest BCUT2D eigenvalue weighted by Gasteiger charge is 2.55. The van der Waals surface area contributed by atoms with Crippen molar-refractivity contribution in [1.29, 1.82) is 0 Å². The Morgan fingerprint density at radius 2 is 2.30 bits per heavy atom. The van der Waals surface area contributed by atoms with E-state index in [2.05, 4.69) is 12.1 Å². The molecule has 4 rings (SSSR count). The van der Waals surface area contributed by atoms with E-state index >= 15 is 0 Å². The van der Waals surface area contributed by atoms with Crippen molar-refractivity contribution in [2.45, 2.75) is 26.2 Å². The van der Waals surface area contributed by atoms with Crippen molar-refractivity contribution < 1.29 is 14.0 Å². The van der Waals surface area contributed by atoms with Crippen LogP contribution in [0.2, 0.25) is 0 Å². The Morgan fingerprint density at radius 1 is 1.45 bits per heavy atom. The van der Waals surface area contributed by atoms with Gasteiger partial charge in [-0.2, -0.15) is 0 Å². The molecule has 2 unspecified atom stereocenters. The van der Waals surface area contributed by atoms with Gasteiger partial charge in [0.15, 0.2) is 0 Å². The van der Waals surface area contributed by atoms with Crippen LogP contribution in [0, 0.1) is 11.3 Å². The van der Waals surface area contributed by atoms with Crippen molar-refractivity contribution in [1.82, 2.24) is 0 Å². The molecule has 0 aliphatic heterocycles. The summed E-state index contributed by atoms with van der Waals surface area (Å²) in [6.07, 6.45) is 3.38. The van der Waals surface area contributed by atoms with E-state index in [0.717, 1.165) is 29.9 Å². The van der Waals surface area contributed by atoms with Crippen molar-refractivity contribution in [3.05, 3.63) is 36.1 Å². The third-order valence-corrected chi connectivity index (χ3v) is 4.88. The molecule has 0 amide bonds. The SMILES string of the molecule is CC12CCC1C/C2=N\OC(=O)c1cc2ccccc2o1. The first-order valence-corrected chi connectivity index (χ1v) is 6.94. The van der Waals surface area contributed by atoms with Crippen LogP contribution in [0.5, 0.6) is 0 Å². The van der Waals surface area contributed by atoms with Gasteiger partial charge in [-0.25, -0.2) is 4.79 Å². The summed E-state index contributed by atoms with van der Waals surface area (Å²) >= 11 is 0. The fourth-order valence-corrected chi connectivity index (χ4v) is 3.19. The second-order valence-electron chi connectivity index (χ2n) is 5.92. The second-order valence-corrected chi connectivity index (χ2v) is 5.92. The van der Waals surface area contributed by atoms with Gasteiger partial charge in [-0.05, 0) is 37.3 Å². The van der Waals surface area contributed by atoms with Crippen molar-refractivity contribution in [3.63, 3.8) is 0 Å². The number of fused-ring (bicyclic) bond motifs is 2. The van der Waals surface area contributed by atoms with E-state index in [0.29, 0.717) is 5.58 Å². The smallest absolute Gasteiger partial charge is 0.400 e. The van der Waals surface area contributed by atoms with Gasteiger partial charge in [-0.15, -0.1) is 0 Å². The number of nitrogens with zero attached hydrogens (tertiary/aromatic N) is 1. The lowest BCUT2D eigenvalue weighted by Crippen LogP contribution is -2.55. The summed E-state index contributed by atoms with van der Waals surface area (Å²) < 4.78 is 5.46. The molecule has 2 aliphatic carbocycles. The molecule has 2 fully saturated rings. The molecule has 4 heteroatoms. The van der Waals surface area contributed by atoms with Gasteiger partial charge in [0.2, 0.25) is 5.76 Å². The van der Waals surface area contributed by atoms with Gasteiger partial charge in [-0.3, -0.25) is 0 Å². The topological polar surface area (TPSA) is 51.8 Å². The third-order valence-electron chi connectivity index (χ3n) is 4.88. The molecule has 1 aromatic heterocycles. The predicted octanol–water partition coefficient (Wildman–Crippen LogP) is 3.77. The number of carbonyl (C=O) groups excluding carboxylic acids is 1. The molecule has 0 saturated heterocycles. The van der Waals surface area contributed by atoms with Gasteiger partial charge < -0.3 is 9.25 Å². The van der Waals surface area contributed by atoms with E-state index in [-0.39, 0.29) is 11.2 Å². The molecule has 2 saturated carbocycles. The summed E-state index contributed by atoms with van der Waals surface area (Å²) in [5, 5.41) is 4.93. The number of para-hydroxylation sites is 1. The van der Waals surface area contributed by atoms with Crippen molar-refractivity contribution in [3.8, 4) is 0 Å². The first-order valence-electron chi connectivity index (χ1n) is 6.94. The normalized spacial score (nSPS) is 29.6. The lowest BCUT2D eigenvalue weighted by Gasteiger charge is -2.56. The molecule has 0 bridgehead atoms. The molecular formula is C16H15NO3. The summed E-state index contributed by atoms with van der Waals surface area (Å²) in [5.41, 5.74) is 1.88. The standard InChI is InChI=1S/C16H15NO3/c1-16-7-6-11(16)9-14(16)17-20-15(18)13-8-10-4-2-3-5-12(10)19-13/h2-5,8,11H,6-7,9H2,1H3/b17-14+. The van der Waals surface area contributed by atoms with Crippen LogP contribution in [0.15, 0.2) is 39.9 Å². The maximum absolute atomic E-state index is 11.9. The van der Waals surface area contributed by atoms with Gasteiger partial charge in [-0.1, -0.05) is 30.3 Å². The molecule has 102 valence electrons. The molecule has 2 atom stereocenters. The van der Waals surface area contributed by atoms with Gasteiger partial charge in [0.25, 0.3) is 0 Å². The van der Waals surface area contributed by atoms with Crippen molar-refractivity contribution in [2.24, 2.45) is 16.5 Å². The van der Waals surface area contributed by atoms with Gasteiger partial charge in [0.1, 0.15) is 5.58 Å². The molecule has 0 spiro atoms. The highest BCUT2D eigenvalue weighted by atomic mass is 16.7. The molecule has 4 nitrogen and oxygen atoms in total. The van der Waals surface area contributed by atoms with Crippen LogP contribution in [0.1, 0.15) is 36.7 Å². The maximum atomic E-state index is 11.9. The first kappa shape index (κ1) is 11.7. The zero-order valence-corrected chi connectivity index (χ0v) is 11.3. The van der Waals surface area contributed by atoms with Crippen molar-refractivity contribution in [2.75, 3.05) is 0 Å². The number of hydrogen-bond donors (Lipinski definition) is 0. The van der Waals surface area contributed by atoms with E-state index in [4.69, 9.17) is 9.25 Å². The molecule has 0 radical (unpaired) electrons. The zero-order valence-electron chi connectivity index (χ0n) is 11.3. The fraction of sp³-hybridized carbons (Fsp3) is 0.375. The summed E-state index contributed by atoms with van der Waals surface area (Å²) in [5.74, 6) is 0.413. The maximum Gasteiger partial charge on any atom is 0.400 e. The number of rotatable bonds is 2. The second kappa shape index (κ2) is 3.95. The van der Waals surface area contributed by atoms with Crippen molar-refractivity contribution >= 4 is 22.7 Å². The van der Waals surface area contributed by atoms with Crippen LogP contribution in [-0.2, 0) is 4.84 Å². The number of furan rings is 1. The van der Waals surface area contributed by atoms with E-state index in [1.807, 2.05) is 24.3 Å². The van der Waals surface area contributed by atoms with Crippen LogP contribution in [0.3, 0.4) is 0 Å². The minimum Gasteiger partial charge on any atom is -0.449 e. The van der Waals surface area contributed by atoms with Crippen LogP contribution >= 0.6 is 0 Å². The average molecular weight is 269 g/mol. The number of hydrogen-bond acceptors (Lipinski definition) is 4. The first-order chi connectivity index (χ1) is 9.67. The molecule has 0 N–H and O–H groups in total. The average Bonchev–Trinajstić information content (AvgIpc) is 2.89. The Kier molecular flexibility index (Phi) is 2.31. The molecule has 1 heterocycles. The number of benzene rings is 1. The number of carbonyl (C=O) groups is 1. The fourth-order valence-electron chi connectivity index (χ4n) is 3.19. The third kappa shape index (κ3) is 1.54. The summed E-state index contributed by atoms with van der Waals surface area (Å²) in [7, 11) is 0. The Hall–Kier alpha value is -2.10. The molecule has 2 aromatic rings. The lowest BCUT2D eigenvalue weighted by molar-refractivity contribution is 0.0394. The molecule has 2 aliphatic rings. The predicted molar refractivity (Wildman–Crippen MR) is 74.5 cm³/mol. The monoisotopic (exact) mass is 269 g/mol. The van der Waals surface area contributed by atoms with Gasteiger partial charge >= 0.3 is 5.97 Å². The van der Waals surface area contributed by atoms with Gasteiger partial charge in [0.05, 0.1) is 5.71 Å². The van der Waals surface area contributed by atoms with Crippen LogP contribution in [0.4, 0.5) is 0 Å². The zero-order chi connectivity index (χ0) is 13.7. The minimum atomic E-state index is -0.528. The lowest BCUT2D eigenvalue weighted by atomic mass is 9.47. The summed E-state index contributed by atoms with van der Waals surface area (Å²) in [6.45, 7) is 2.19. The van der Waals surface area contributed by atoms with Gasteiger partial charge in [0, 0.05) is 10.8 Å². The molecular weight excluding hydrogens is 254 g/mol.